The zero-order valence-electron chi connectivity index (χ0n) is 14.5. The van der Waals surface area contributed by atoms with Crippen molar-refractivity contribution in [3.63, 3.8) is 0 Å². The molecule has 3 saturated carbocycles. The molecular weight excluding hydrogens is 286 g/mol. The van der Waals surface area contributed by atoms with Gasteiger partial charge in [0.1, 0.15) is 7.11 Å². The van der Waals surface area contributed by atoms with E-state index in [1.165, 1.54) is 42.5 Å². The molecule has 0 aromatic heterocycles. The van der Waals surface area contributed by atoms with Crippen molar-refractivity contribution in [2.45, 2.75) is 64.4 Å². The Balaban J connectivity index is 1.83. The number of oxime groups is 1. The molecule has 3 atom stereocenters. The van der Waals surface area contributed by atoms with Gasteiger partial charge in [-0.15, -0.1) is 0 Å². The van der Waals surface area contributed by atoms with Gasteiger partial charge in [-0.2, -0.15) is 0 Å². The molecule has 0 saturated heterocycles. The van der Waals surface area contributed by atoms with Gasteiger partial charge < -0.3 is 9.94 Å². The van der Waals surface area contributed by atoms with Crippen molar-refractivity contribution in [2.75, 3.05) is 7.11 Å². The first-order valence-corrected chi connectivity index (χ1v) is 8.91. The van der Waals surface area contributed by atoms with Crippen LogP contribution in [0.5, 0.6) is 0 Å². The molecule has 23 heavy (non-hydrogen) atoms. The Hall–Kier alpha value is -1.35. The number of rotatable bonds is 2. The van der Waals surface area contributed by atoms with Gasteiger partial charge in [0.25, 0.3) is 0 Å². The lowest BCUT2D eigenvalue weighted by Crippen LogP contribution is -2.33. The summed E-state index contributed by atoms with van der Waals surface area (Å²) in [6, 6.07) is 0. The monoisotopic (exact) mass is 315 g/mol. The molecule has 0 radical (unpaired) electrons. The first kappa shape index (κ1) is 16.5. The molecule has 0 spiro atoms. The van der Waals surface area contributed by atoms with E-state index in [0.29, 0.717) is 5.92 Å². The molecule has 3 rings (SSSR count). The summed E-state index contributed by atoms with van der Waals surface area (Å²) in [6.07, 6.45) is 12.7. The maximum Gasteiger partial charge on any atom is 0.106 e. The van der Waals surface area contributed by atoms with E-state index < -0.39 is 0 Å². The minimum atomic E-state index is -0.200. The van der Waals surface area contributed by atoms with E-state index in [0.717, 1.165) is 25.7 Å². The van der Waals surface area contributed by atoms with Crippen molar-refractivity contribution in [1.29, 1.82) is 0 Å². The molecule has 3 fully saturated rings. The summed E-state index contributed by atoms with van der Waals surface area (Å²) in [7, 11) is 1.65. The number of aliphatic hydroxyl groups is 1. The van der Waals surface area contributed by atoms with Gasteiger partial charge in [-0.05, 0) is 62.9 Å². The molecule has 0 amide bonds. The first-order valence-electron chi connectivity index (χ1n) is 8.91. The first-order chi connectivity index (χ1) is 11.0. The number of fused-ring (bicyclic) bond motifs is 1. The summed E-state index contributed by atoms with van der Waals surface area (Å²) >= 11 is 0. The Kier molecular flexibility index (Phi) is 4.77. The quantitative estimate of drug-likeness (QED) is 0.760. The maximum absolute atomic E-state index is 9.89. The second kappa shape index (κ2) is 6.64. The third-order valence-electron chi connectivity index (χ3n) is 6.10. The average Bonchev–Trinajstić information content (AvgIpc) is 2.86. The normalized spacial score (nSPS) is 40.0. The van der Waals surface area contributed by atoms with Crippen LogP contribution in [0.25, 0.3) is 0 Å². The molecule has 3 heteroatoms. The third kappa shape index (κ3) is 3.16. The van der Waals surface area contributed by atoms with Crippen LogP contribution in [0, 0.1) is 11.3 Å². The topological polar surface area (TPSA) is 41.8 Å². The van der Waals surface area contributed by atoms with Crippen LogP contribution in [0.1, 0.15) is 58.3 Å². The molecular formula is C20H29NO2. The second-order valence-electron chi connectivity index (χ2n) is 7.52. The Morgan fingerprint density at radius 1 is 1.26 bits per heavy atom. The van der Waals surface area contributed by atoms with Crippen molar-refractivity contribution in [3.05, 3.63) is 35.5 Å². The summed E-state index contributed by atoms with van der Waals surface area (Å²) < 4.78 is 0. The molecule has 1 unspecified atom stereocenters. The van der Waals surface area contributed by atoms with Crippen LogP contribution >= 0.6 is 0 Å². The van der Waals surface area contributed by atoms with Gasteiger partial charge in [0.05, 0.1) is 11.8 Å². The predicted octanol–water partition coefficient (Wildman–Crippen LogP) is 4.54. The number of nitrogens with zero attached hydrogens (tertiary/aromatic N) is 1. The molecule has 0 aliphatic heterocycles. The summed E-state index contributed by atoms with van der Waals surface area (Å²) in [5.41, 5.74) is 5.37. The van der Waals surface area contributed by atoms with Crippen LogP contribution in [-0.2, 0) is 4.84 Å². The molecule has 3 aliphatic rings. The predicted molar refractivity (Wildman–Crippen MR) is 94.3 cm³/mol. The van der Waals surface area contributed by atoms with Crippen molar-refractivity contribution in [3.8, 4) is 0 Å². The van der Waals surface area contributed by atoms with Crippen molar-refractivity contribution < 1.29 is 9.94 Å². The van der Waals surface area contributed by atoms with Gasteiger partial charge in [-0.3, -0.25) is 0 Å². The molecule has 3 aliphatic carbocycles. The third-order valence-corrected chi connectivity index (χ3v) is 6.10. The van der Waals surface area contributed by atoms with E-state index in [-0.39, 0.29) is 11.5 Å². The van der Waals surface area contributed by atoms with E-state index in [2.05, 4.69) is 30.8 Å². The lowest BCUT2D eigenvalue weighted by atomic mass is 9.66. The molecule has 126 valence electrons. The van der Waals surface area contributed by atoms with Crippen LogP contribution in [0.3, 0.4) is 0 Å². The van der Waals surface area contributed by atoms with E-state index in [9.17, 15) is 5.11 Å². The molecule has 0 aromatic carbocycles. The van der Waals surface area contributed by atoms with Gasteiger partial charge in [0.2, 0.25) is 0 Å². The largest absolute Gasteiger partial charge is 0.399 e. The number of aliphatic hydroxyl groups excluding tert-OH is 1. The highest BCUT2D eigenvalue weighted by molar-refractivity contribution is 5.92. The number of hydrogen-bond donors (Lipinski definition) is 1. The van der Waals surface area contributed by atoms with Crippen molar-refractivity contribution in [2.24, 2.45) is 16.5 Å². The lowest BCUT2D eigenvalue weighted by Gasteiger charge is -2.38. The summed E-state index contributed by atoms with van der Waals surface area (Å²) in [5.74, 6) is 0.587. The minimum Gasteiger partial charge on any atom is -0.399 e. The molecule has 0 bridgehead atoms. The van der Waals surface area contributed by atoms with E-state index in [1.807, 2.05) is 0 Å². The van der Waals surface area contributed by atoms with Gasteiger partial charge in [0, 0.05) is 5.41 Å². The van der Waals surface area contributed by atoms with Gasteiger partial charge in [0.15, 0.2) is 0 Å². The van der Waals surface area contributed by atoms with E-state index in [1.54, 1.807) is 12.7 Å². The molecule has 0 heterocycles. The Morgan fingerprint density at radius 3 is 2.87 bits per heavy atom. The van der Waals surface area contributed by atoms with Gasteiger partial charge in [-0.25, -0.2) is 0 Å². The van der Waals surface area contributed by atoms with Crippen molar-refractivity contribution in [1.82, 2.24) is 0 Å². The van der Waals surface area contributed by atoms with E-state index >= 15 is 0 Å². The SMILES string of the molecule is C=C1CC[C@@H](O)C/C1=C/C=C1\CCC[C@]2(C)/C(=N/OC)CCC12. The van der Waals surface area contributed by atoms with Gasteiger partial charge in [-0.1, -0.05) is 42.0 Å². The fraction of sp³-hybridized carbons (Fsp3) is 0.650. The standard InChI is InChI=1S/C20H29NO2/c1-14-6-9-17(22)13-16(14)8-7-15-5-4-12-20(2)18(15)10-11-19(20)21-23-3/h7-8,17-18,22H,1,4-6,9-13H2,2-3H3/b15-7+,16-8-,21-19+/t17-,18?,20+/m1/s1. The number of allylic oxidation sites excluding steroid dienone is 4. The van der Waals surface area contributed by atoms with Crippen LogP contribution < -0.4 is 0 Å². The summed E-state index contributed by atoms with van der Waals surface area (Å²) in [5, 5.41) is 14.2. The second-order valence-corrected chi connectivity index (χ2v) is 7.52. The van der Waals surface area contributed by atoms with Crippen LogP contribution in [0.15, 0.2) is 40.6 Å². The molecule has 1 N–H and O–H groups in total. The highest BCUT2D eigenvalue weighted by Crippen LogP contribution is 2.52. The zero-order chi connectivity index (χ0) is 16.4. The minimum absolute atomic E-state index is 0.168. The Morgan fingerprint density at radius 2 is 2.09 bits per heavy atom. The molecule has 3 nitrogen and oxygen atoms in total. The highest BCUT2D eigenvalue weighted by atomic mass is 16.6. The smallest absolute Gasteiger partial charge is 0.106 e. The summed E-state index contributed by atoms with van der Waals surface area (Å²) in [4.78, 5) is 5.07. The highest BCUT2D eigenvalue weighted by Gasteiger charge is 2.47. The van der Waals surface area contributed by atoms with Crippen LogP contribution in [0.4, 0.5) is 0 Å². The number of hydrogen-bond acceptors (Lipinski definition) is 3. The zero-order valence-corrected chi connectivity index (χ0v) is 14.5. The van der Waals surface area contributed by atoms with Gasteiger partial charge >= 0.3 is 0 Å². The fourth-order valence-electron chi connectivity index (χ4n) is 4.69. The lowest BCUT2D eigenvalue weighted by molar-refractivity contribution is 0.158. The Bertz CT molecular complexity index is 572. The van der Waals surface area contributed by atoms with E-state index in [4.69, 9.17) is 4.84 Å². The average molecular weight is 315 g/mol. The van der Waals surface area contributed by atoms with Crippen LogP contribution in [0.2, 0.25) is 0 Å². The molecule has 0 aromatic rings. The fourth-order valence-corrected chi connectivity index (χ4v) is 4.69. The Labute approximate surface area is 139 Å². The summed E-state index contributed by atoms with van der Waals surface area (Å²) in [6.45, 7) is 6.52. The van der Waals surface area contributed by atoms with Crippen molar-refractivity contribution >= 4 is 5.71 Å². The maximum atomic E-state index is 9.89. The van der Waals surface area contributed by atoms with Crippen LogP contribution in [-0.4, -0.2) is 24.0 Å².